The van der Waals surface area contributed by atoms with E-state index in [2.05, 4.69) is 0 Å². The van der Waals surface area contributed by atoms with Crippen LogP contribution in [0.3, 0.4) is 0 Å². The van der Waals surface area contributed by atoms with Crippen molar-refractivity contribution in [1.82, 2.24) is 9.80 Å². The van der Waals surface area contributed by atoms with Crippen LogP contribution in [0.4, 0.5) is 0 Å². The molecule has 0 saturated carbocycles. The Morgan fingerprint density at radius 2 is 1.80 bits per heavy atom. The molecule has 0 N–H and O–H groups in total. The van der Waals surface area contributed by atoms with Crippen molar-refractivity contribution >= 4 is 11.8 Å². The fourth-order valence-corrected chi connectivity index (χ4v) is 1.56. The molecule has 0 spiro atoms. The van der Waals surface area contributed by atoms with Gasteiger partial charge in [-0.1, -0.05) is 19.9 Å². The third-order valence-electron chi connectivity index (χ3n) is 2.66. The topological polar surface area (TPSA) is 40.6 Å². The number of rotatable bonds is 1. The van der Waals surface area contributed by atoms with E-state index in [-0.39, 0.29) is 23.8 Å². The van der Waals surface area contributed by atoms with Crippen LogP contribution < -0.4 is 0 Å². The molecule has 0 aliphatic carbocycles. The summed E-state index contributed by atoms with van der Waals surface area (Å²) >= 11 is 0. The molecule has 15 heavy (non-hydrogen) atoms. The van der Waals surface area contributed by atoms with E-state index in [1.54, 1.807) is 21.0 Å². The van der Waals surface area contributed by atoms with Crippen molar-refractivity contribution in [3.63, 3.8) is 0 Å². The van der Waals surface area contributed by atoms with Crippen LogP contribution >= 0.6 is 0 Å². The Morgan fingerprint density at radius 3 is 2.27 bits per heavy atom. The molecule has 0 unspecified atom stereocenters. The summed E-state index contributed by atoms with van der Waals surface area (Å²) in [6, 6.07) is -0.369. The largest absolute Gasteiger partial charge is 0.329 e. The van der Waals surface area contributed by atoms with Crippen molar-refractivity contribution in [2.45, 2.75) is 26.8 Å². The van der Waals surface area contributed by atoms with E-state index in [4.69, 9.17) is 0 Å². The van der Waals surface area contributed by atoms with E-state index >= 15 is 0 Å². The van der Waals surface area contributed by atoms with Crippen molar-refractivity contribution < 1.29 is 9.59 Å². The lowest BCUT2D eigenvalue weighted by molar-refractivity contribution is -0.147. The van der Waals surface area contributed by atoms with Crippen molar-refractivity contribution in [2.75, 3.05) is 14.1 Å². The first-order valence-corrected chi connectivity index (χ1v) is 5.12. The van der Waals surface area contributed by atoms with Gasteiger partial charge in [-0.2, -0.15) is 0 Å². The van der Waals surface area contributed by atoms with Crippen molar-refractivity contribution in [1.29, 1.82) is 0 Å². The van der Waals surface area contributed by atoms with Crippen molar-refractivity contribution in [2.24, 2.45) is 5.92 Å². The van der Waals surface area contributed by atoms with Gasteiger partial charge in [-0.3, -0.25) is 9.59 Å². The van der Waals surface area contributed by atoms with Gasteiger partial charge in [0.15, 0.2) is 0 Å². The van der Waals surface area contributed by atoms with Gasteiger partial charge in [0.1, 0.15) is 11.7 Å². The van der Waals surface area contributed by atoms with Crippen LogP contribution in [0.25, 0.3) is 0 Å². The van der Waals surface area contributed by atoms with Crippen LogP contribution in [0.5, 0.6) is 0 Å². The second kappa shape index (κ2) is 4.04. The monoisotopic (exact) mass is 210 g/mol. The van der Waals surface area contributed by atoms with Gasteiger partial charge in [0.05, 0.1) is 0 Å². The van der Waals surface area contributed by atoms with E-state index in [9.17, 15) is 9.59 Å². The summed E-state index contributed by atoms with van der Waals surface area (Å²) in [5.74, 6) is 0.128. The van der Waals surface area contributed by atoms with Gasteiger partial charge in [-0.15, -0.1) is 0 Å². The fraction of sp³-hybridized carbons (Fsp3) is 0.636. The Morgan fingerprint density at radius 1 is 1.27 bits per heavy atom. The number of carbonyl (C=O) groups excluding carboxylic acids is 2. The number of amides is 2. The highest BCUT2D eigenvalue weighted by Crippen LogP contribution is 2.19. The van der Waals surface area contributed by atoms with E-state index in [0.717, 1.165) is 0 Å². The van der Waals surface area contributed by atoms with Crippen LogP contribution in [-0.2, 0) is 9.59 Å². The molecule has 1 rings (SSSR count). The molecule has 4 heteroatoms. The van der Waals surface area contributed by atoms with Crippen LogP contribution in [0.1, 0.15) is 20.8 Å². The molecule has 0 aromatic carbocycles. The summed E-state index contributed by atoms with van der Waals surface area (Å²) in [6.45, 7) is 5.70. The minimum atomic E-state index is -0.369. The van der Waals surface area contributed by atoms with Gasteiger partial charge in [0.25, 0.3) is 5.91 Å². The lowest BCUT2D eigenvalue weighted by Gasteiger charge is -2.36. The average Bonchev–Trinajstić information content (AvgIpc) is 2.18. The molecule has 1 aliphatic rings. The molecular formula is C11H18N2O2. The van der Waals surface area contributed by atoms with E-state index < -0.39 is 0 Å². The maximum atomic E-state index is 11.9. The van der Waals surface area contributed by atoms with Crippen LogP contribution in [0.15, 0.2) is 11.8 Å². The first-order valence-electron chi connectivity index (χ1n) is 5.12. The standard InChI is InChI=1S/C11H18N2O2/c1-7(2)6-9-11(15)12(4)8(3)10(14)13(9)5/h6-8H,1-5H3/b9-6+/t8-/m0/s1. The minimum Gasteiger partial charge on any atom is -0.329 e. The van der Waals surface area contributed by atoms with Gasteiger partial charge in [-0.25, -0.2) is 0 Å². The summed E-state index contributed by atoms with van der Waals surface area (Å²) in [7, 11) is 3.31. The highest BCUT2D eigenvalue weighted by atomic mass is 16.2. The normalized spacial score (nSPS) is 25.7. The van der Waals surface area contributed by atoms with E-state index in [0.29, 0.717) is 5.70 Å². The van der Waals surface area contributed by atoms with Gasteiger partial charge in [0, 0.05) is 14.1 Å². The van der Waals surface area contributed by atoms with Gasteiger partial charge in [-0.05, 0) is 12.8 Å². The van der Waals surface area contributed by atoms with Crippen LogP contribution in [0, 0.1) is 5.92 Å². The number of hydrogen-bond donors (Lipinski definition) is 0. The van der Waals surface area contributed by atoms with Crippen molar-refractivity contribution in [3.05, 3.63) is 11.8 Å². The third kappa shape index (κ3) is 2.03. The maximum absolute atomic E-state index is 11.9. The summed E-state index contributed by atoms with van der Waals surface area (Å²) in [5.41, 5.74) is 0.482. The summed E-state index contributed by atoms with van der Waals surface area (Å²) in [6.07, 6.45) is 1.82. The zero-order valence-corrected chi connectivity index (χ0v) is 9.94. The molecule has 84 valence electrons. The van der Waals surface area contributed by atoms with Gasteiger partial charge in [0.2, 0.25) is 5.91 Å². The first kappa shape index (κ1) is 11.8. The molecule has 1 fully saturated rings. The predicted molar refractivity (Wildman–Crippen MR) is 57.9 cm³/mol. The molecule has 1 aliphatic heterocycles. The highest BCUT2D eigenvalue weighted by molar-refractivity contribution is 6.04. The molecule has 1 atom stereocenters. The van der Waals surface area contributed by atoms with E-state index in [1.165, 1.54) is 9.80 Å². The molecule has 0 bridgehead atoms. The van der Waals surface area contributed by atoms with Gasteiger partial charge >= 0.3 is 0 Å². The fourth-order valence-electron chi connectivity index (χ4n) is 1.56. The number of carbonyl (C=O) groups is 2. The zero-order valence-electron chi connectivity index (χ0n) is 9.94. The average molecular weight is 210 g/mol. The second-order valence-electron chi connectivity index (χ2n) is 4.29. The zero-order chi connectivity index (χ0) is 11.7. The Kier molecular flexibility index (Phi) is 3.17. The van der Waals surface area contributed by atoms with Crippen LogP contribution in [0.2, 0.25) is 0 Å². The Balaban J connectivity index is 3.08. The summed E-state index contributed by atoms with van der Waals surface area (Å²) < 4.78 is 0. The second-order valence-corrected chi connectivity index (χ2v) is 4.29. The smallest absolute Gasteiger partial charge is 0.270 e. The Hall–Kier alpha value is -1.32. The number of likely N-dealkylation sites (N-methyl/N-ethyl adjacent to an activating group) is 2. The SMILES string of the molecule is CC(C)/C=C1\C(=O)N(C)[C@@H](C)C(=O)N1C. The Labute approximate surface area is 90.5 Å². The molecule has 0 aromatic rings. The number of allylic oxidation sites excluding steroid dienone is 1. The molecule has 0 radical (unpaired) electrons. The minimum absolute atomic E-state index is 0.0380. The molecule has 1 heterocycles. The molecule has 0 aromatic heterocycles. The number of nitrogens with zero attached hydrogens (tertiary/aromatic N) is 2. The lowest BCUT2D eigenvalue weighted by Crippen LogP contribution is -2.54. The summed E-state index contributed by atoms with van der Waals surface area (Å²) in [5, 5.41) is 0. The summed E-state index contributed by atoms with van der Waals surface area (Å²) in [4.78, 5) is 26.6. The quantitative estimate of drug-likeness (QED) is 0.602. The highest BCUT2D eigenvalue weighted by Gasteiger charge is 2.36. The first-order chi connectivity index (χ1) is 6.86. The maximum Gasteiger partial charge on any atom is 0.270 e. The predicted octanol–water partition coefficient (Wildman–Crippen LogP) is 0.845. The molecule has 2 amide bonds. The third-order valence-corrected chi connectivity index (χ3v) is 2.66. The molecule has 1 saturated heterocycles. The van der Waals surface area contributed by atoms with Crippen LogP contribution in [-0.4, -0.2) is 41.8 Å². The number of hydrogen-bond acceptors (Lipinski definition) is 2. The molecular weight excluding hydrogens is 192 g/mol. The lowest BCUT2D eigenvalue weighted by atomic mass is 10.1. The molecule has 4 nitrogen and oxygen atoms in total. The van der Waals surface area contributed by atoms with Gasteiger partial charge < -0.3 is 9.80 Å². The Bertz CT molecular complexity index is 321. The number of piperazine rings is 1. The van der Waals surface area contributed by atoms with E-state index in [1.807, 2.05) is 19.9 Å². The van der Waals surface area contributed by atoms with Crippen molar-refractivity contribution in [3.8, 4) is 0 Å².